The average molecular weight is 357 g/mol. The Morgan fingerprint density at radius 1 is 0.800 bits per heavy atom. The molecule has 25 heavy (non-hydrogen) atoms. The highest BCUT2D eigenvalue weighted by Gasteiger charge is 2.15. The molecule has 0 spiro atoms. The number of nitrogens with zero attached hydrogens (tertiary/aromatic N) is 1. The van der Waals surface area contributed by atoms with E-state index in [4.69, 9.17) is 4.74 Å². The lowest BCUT2D eigenvalue weighted by Crippen LogP contribution is -2.38. The van der Waals surface area contributed by atoms with Crippen molar-refractivity contribution in [2.24, 2.45) is 0 Å². The zero-order valence-electron chi connectivity index (χ0n) is 17.7. The van der Waals surface area contributed by atoms with E-state index < -0.39 is 5.60 Å². The van der Waals surface area contributed by atoms with Gasteiger partial charge in [0.15, 0.2) is 0 Å². The zero-order chi connectivity index (χ0) is 19.0. The van der Waals surface area contributed by atoms with Crippen molar-refractivity contribution in [2.45, 2.75) is 104 Å². The van der Waals surface area contributed by atoms with Crippen LogP contribution in [0.5, 0.6) is 0 Å². The summed E-state index contributed by atoms with van der Waals surface area (Å²) >= 11 is 0. The molecule has 0 atom stereocenters. The Labute approximate surface area is 157 Å². The molecule has 150 valence electrons. The van der Waals surface area contributed by atoms with E-state index >= 15 is 0 Å². The summed E-state index contributed by atoms with van der Waals surface area (Å²) in [5.41, 5.74) is -0.428. The van der Waals surface area contributed by atoms with Gasteiger partial charge in [-0.2, -0.15) is 0 Å². The fourth-order valence-electron chi connectivity index (χ4n) is 2.84. The lowest BCUT2D eigenvalue weighted by Gasteiger charge is -2.24. The van der Waals surface area contributed by atoms with Crippen LogP contribution in [0.3, 0.4) is 0 Å². The van der Waals surface area contributed by atoms with Crippen LogP contribution in [0.2, 0.25) is 0 Å². The second-order valence-corrected chi connectivity index (χ2v) is 8.10. The number of rotatable bonds is 15. The SMILES string of the molecule is CCCCCCCN(CCCCCCC)CCNC(=O)OC(C)(C)C. The molecule has 0 aliphatic heterocycles. The molecule has 0 aliphatic carbocycles. The van der Waals surface area contributed by atoms with Gasteiger partial charge in [0.2, 0.25) is 0 Å². The van der Waals surface area contributed by atoms with Gasteiger partial charge in [0, 0.05) is 13.1 Å². The van der Waals surface area contributed by atoms with Crippen LogP contribution in [0.1, 0.15) is 98.8 Å². The number of ether oxygens (including phenoxy) is 1. The van der Waals surface area contributed by atoms with Gasteiger partial charge in [0.25, 0.3) is 0 Å². The molecule has 4 heteroatoms. The molecular weight excluding hydrogens is 312 g/mol. The van der Waals surface area contributed by atoms with E-state index in [1.807, 2.05) is 20.8 Å². The van der Waals surface area contributed by atoms with E-state index in [0.29, 0.717) is 6.54 Å². The number of hydrogen-bond donors (Lipinski definition) is 1. The smallest absolute Gasteiger partial charge is 0.407 e. The van der Waals surface area contributed by atoms with Crippen LogP contribution in [0.15, 0.2) is 0 Å². The fourth-order valence-corrected chi connectivity index (χ4v) is 2.84. The second kappa shape index (κ2) is 15.5. The van der Waals surface area contributed by atoms with E-state index in [1.54, 1.807) is 0 Å². The maximum absolute atomic E-state index is 11.8. The van der Waals surface area contributed by atoms with Crippen molar-refractivity contribution in [3.05, 3.63) is 0 Å². The molecule has 1 amide bonds. The van der Waals surface area contributed by atoms with Crippen molar-refractivity contribution in [1.82, 2.24) is 10.2 Å². The van der Waals surface area contributed by atoms with E-state index in [2.05, 4.69) is 24.1 Å². The minimum absolute atomic E-state index is 0.307. The van der Waals surface area contributed by atoms with Gasteiger partial charge >= 0.3 is 6.09 Å². The number of hydrogen-bond acceptors (Lipinski definition) is 3. The Hall–Kier alpha value is -0.770. The number of unbranched alkanes of at least 4 members (excludes halogenated alkanes) is 8. The lowest BCUT2D eigenvalue weighted by molar-refractivity contribution is 0.0522. The van der Waals surface area contributed by atoms with E-state index in [0.717, 1.165) is 19.6 Å². The van der Waals surface area contributed by atoms with E-state index in [-0.39, 0.29) is 6.09 Å². The number of alkyl carbamates (subject to hydrolysis) is 1. The second-order valence-electron chi connectivity index (χ2n) is 8.10. The highest BCUT2D eigenvalue weighted by atomic mass is 16.6. The van der Waals surface area contributed by atoms with Crippen molar-refractivity contribution in [3.63, 3.8) is 0 Å². The highest BCUT2D eigenvalue weighted by molar-refractivity contribution is 5.67. The summed E-state index contributed by atoms with van der Waals surface area (Å²) in [7, 11) is 0. The zero-order valence-corrected chi connectivity index (χ0v) is 17.7. The quantitative estimate of drug-likeness (QED) is 0.380. The van der Waals surface area contributed by atoms with Gasteiger partial charge < -0.3 is 15.0 Å². The number of carbonyl (C=O) groups is 1. The Bertz CT molecular complexity index is 300. The van der Waals surface area contributed by atoms with Crippen LogP contribution in [0.25, 0.3) is 0 Å². The first-order chi connectivity index (χ1) is 11.9. The first-order valence-electron chi connectivity index (χ1n) is 10.6. The predicted molar refractivity (Wildman–Crippen MR) is 108 cm³/mol. The molecule has 0 rings (SSSR count). The third kappa shape index (κ3) is 17.8. The van der Waals surface area contributed by atoms with E-state index in [9.17, 15) is 4.79 Å². The van der Waals surface area contributed by atoms with Crippen LogP contribution in [-0.2, 0) is 4.74 Å². The topological polar surface area (TPSA) is 41.6 Å². The third-order valence-corrected chi connectivity index (χ3v) is 4.25. The number of carbonyl (C=O) groups excluding carboxylic acids is 1. The molecule has 0 bridgehead atoms. The molecule has 0 aliphatic rings. The standard InChI is InChI=1S/C21H44N2O2/c1-6-8-10-12-14-17-23(18-15-13-11-9-7-2)19-16-22-20(24)25-21(3,4)5/h6-19H2,1-5H3,(H,22,24). The summed E-state index contributed by atoms with van der Waals surface area (Å²) < 4.78 is 5.30. The molecule has 0 fully saturated rings. The molecule has 0 aromatic carbocycles. The summed E-state index contributed by atoms with van der Waals surface area (Å²) in [6.07, 6.45) is 12.8. The Morgan fingerprint density at radius 3 is 1.72 bits per heavy atom. The van der Waals surface area contributed by atoms with Crippen molar-refractivity contribution in [3.8, 4) is 0 Å². The summed E-state index contributed by atoms with van der Waals surface area (Å²) in [6.45, 7) is 14.1. The summed E-state index contributed by atoms with van der Waals surface area (Å²) in [5.74, 6) is 0. The van der Waals surface area contributed by atoms with Gasteiger partial charge in [0.05, 0.1) is 0 Å². The van der Waals surface area contributed by atoms with Gasteiger partial charge in [-0.05, 0) is 46.7 Å². The largest absolute Gasteiger partial charge is 0.444 e. The van der Waals surface area contributed by atoms with Gasteiger partial charge in [-0.15, -0.1) is 0 Å². The Balaban J connectivity index is 4.03. The van der Waals surface area contributed by atoms with Crippen LogP contribution >= 0.6 is 0 Å². The maximum atomic E-state index is 11.8. The predicted octanol–water partition coefficient (Wildman–Crippen LogP) is 5.75. The number of nitrogens with one attached hydrogen (secondary N) is 1. The van der Waals surface area contributed by atoms with Gasteiger partial charge in [-0.1, -0.05) is 65.2 Å². The monoisotopic (exact) mass is 356 g/mol. The first-order valence-corrected chi connectivity index (χ1v) is 10.6. The highest BCUT2D eigenvalue weighted by Crippen LogP contribution is 2.08. The minimum atomic E-state index is -0.428. The van der Waals surface area contributed by atoms with Crippen LogP contribution in [0.4, 0.5) is 4.79 Å². The Morgan fingerprint density at radius 2 is 1.28 bits per heavy atom. The molecule has 0 saturated carbocycles. The van der Waals surface area contributed by atoms with E-state index in [1.165, 1.54) is 64.2 Å². The minimum Gasteiger partial charge on any atom is -0.444 e. The molecule has 0 unspecified atom stereocenters. The molecule has 0 aromatic heterocycles. The van der Waals surface area contributed by atoms with Gasteiger partial charge in [-0.25, -0.2) is 4.79 Å². The van der Waals surface area contributed by atoms with Crippen molar-refractivity contribution in [2.75, 3.05) is 26.2 Å². The van der Waals surface area contributed by atoms with Crippen molar-refractivity contribution >= 4 is 6.09 Å². The molecule has 4 nitrogen and oxygen atoms in total. The van der Waals surface area contributed by atoms with Crippen molar-refractivity contribution in [1.29, 1.82) is 0 Å². The molecule has 0 heterocycles. The summed E-state index contributed by atoms with van der Waals surface area (Å²) in [4.78, 5) is 14.3. The van der Waals surface area contributed by atoms with Crippen LogP contribution in [0, 0.1) is 0 Å². The summed E-state index contributed by atoms with van der Waals surface area (Å²) in [5, 5.41) is 2.89. The normalized spacial score (nSPS) is 11.8. The summed E-state index contributed by atoms with van der Waals surface area (Å²) in [6, 6.07) is 0. The molecule has 1 N–H and O–H groups in total. The maximum Gasteiger partial charge on any atom is 0.407 e. The van der Waals surface area contributed by atoms with Crippen molar-refractivity contribution < 1.29 is 9.53 Å². The lowest BCUT2D eigenvalue weighted by atomic mass is 10.1. The van der Waals surface area contributed by atoms with Crippen LogP contribution in [-0.4, -0.2) is 42.8 Å². The van der Waals surface area contributed by atoms with Gasteiger partial charge in [-0.3, -0.25) is 0 Å². The molecular formula is C21H44N2O2. The molecule has 0 saturated heterocycles. The average Bonchev–Trinajstić information content (AvgIpc) is 2.52. The molecule has 0 aromatic rings. The van der Waals surface area contributed by atoms with Gasteiger partial charge in [0.1, 0.15) is 5.60 Å². The molecule has 0 radical (unpaired) electrons. The first kappa shape index (κ1) is 24.2. The number of amides is 1. The third-order valence-electron chi connectivity index (χ3n) is 4.25. The Kier molecular flexibility index (Phi) is 15.0. The fraction of sp³-hybridized carbons (Fsp3) is 0.952. The van der Waals surface area contributed by atoms with Crippen LogP contribution < -0.4 is 5.32 Å².